The molecule has 2 aliphatic rings. The van der Waals surface area contributed by atoms with Crippen LogP contribution < -0.4 is 0 Å². The summed E-state index contributed by atoms with van der Waals surface area (Å²) < 4.78 is 5.02. The Hall–Kier alpha value is -0.300. The van der Waals surface area contributed by atoms with Crippen molar-refractivity contribution in [2.75, 3.05) is 0 Å². The minimum Gasteiger partial charge on any atom is -0.361 e. The maximum atomic E-state index is 5.02. The highest BCUT2D eigenvalue weighted by atomic mass is 16.6. The molecule has 32 valence electrons. The molecular formula is C5H6O. The Bertz CT molecular complexity index is 101. The number of ether oxygens (including phenoxy) is 1. The topological polar surface area (TPSA) is 12.5 Å². The maximum absolute atomic E-state index is 5.02. The van der Waals surface area contributed by atoms with E-state index < -0.39 is 0 Å². The van der Waals surface area contributed by atoms with Crippen LogP contribution in [-0.2, 0) is 4.74 Å². The molecule has 0 aromatic carbocycles. The van der Waals surface area contributed by atoms with Gasteiger partial charge in [-0.2, -0.15) is 0 Å². The van der Waals surface area contributed by atoms with Crippen LogP contribution in [0.5, 0.6) is 0 Å². The van der Waals surface area contributed by atoms with Gasteiger partial charge in [0, 0.05) is 6.42 Å². The van der Waals surface area contributed by atoms with Gasteiger partial charge in [0.15, 0.2) is 0 Å². The summed E-state index contributed by atoms with van der Waals surface area (Å²) in [6.07, 6.45) is 3.73. The summed E-state index contributed by atoms with van der Waals surface area (Å²) in [5.74, 6) is 0. The lowest BCUT2D eigenvalue weighted by atomic mass is 10.4. The highest BCUT2D eigenvalue weighted by molar-refractivity contribution is 5.29. The zero-order valence-corrected chi connectivity index (χ0v) is 3.48. The smallest absolute Gasteiger partial charge is 0.115 e. The van der Waals surface area contributed by atoms with E-state index in [0.29, 0.717) is 6.10 Å². The summed E-state index contributed by atoms with van der Waals surface area (Å²) in [7, 11) is 0. The molecule has 1 heterocycles. The Kier molecular flexibility index (Phi) is 0.220. The lowest BCUT2D eigenvalue weighted by molar-refractivity contribution is 0.255. The SMILES string of the molecule is C=CC12CC1O2. The van der Waals surface area contributed by atoms with E-state index in [-0.39, 0.29) is 5.60 Å². The second-order valence-corrected chi connectivity index (χ2v) is 1.97. The number of fused-ring (bicyclic) bond motifs is 1. The van der Waals surface area contributed by atoms with Crippen molar-refractivity contribution < 1.29 is 4.74 Å². The monoisotopic (exact) mass is 82.0 g/mol. The summed E-state index contributed by atoms with van der Waals surface area (Å²) in [5, 5.41) is 0. The number of epoxide rings is 1. The van der Waals surface area contributed by atoms with Gasteiger partial charge in [0.05, 0.1) is 6.10 Å². The third kappa shape index (κ3) is 0.125. The van der Waals surface area contributed by atoms with Crippen LogP contribution >= 0.6 is 0 Å². The number of hydrogen-bond donors (Lipinski definition) is 0. The summed E-state index contributed by atoms with van der Waals surface area (Å²) >= 11 is 0. The fraction of sp³-hybridized carbons (Fsp3) is 0.600. The van der Waals surface area contributed by atoms with Gasteiger partial charge in [-0.1, -0.05) is 6.08 Å². The third-order valence-corrected chi connectivity index (χ3v) is 1.54. The molecular weight excluding hydrogens is 76.1 g/mol. The molecule has 0 radical (unpaired) electrons. The molecule has 2 rings (SSSR count). The van der Waals surface area contributed by atoms with Gasteiger partial charge in [-0.15, -0.1) is 6.58 Å². The van der Waals surface area contributed by atoms with E-state index in [1.165, 1.54) is 6.42 Å². The van der Waals surface area contributed by atoms with E-state index in [4.69, 9.17) is 4.74 Å². The molecule has 1 saturated carbocycles. The van der Waals surface area contributed by atoms with Gasteiger partial charge < -0.3 is 4.74 Å². The van der Waals surface area contributed by atoms with Crippen molar-refractivity contribution in [3.8, 4) is 0 Å². The van der Waals surface area contributed by atoms with Crippen LogP contribution in [0.25, 0.3) is 0 Å². The first-order valence-electron chi connectivity index (χ1n) is 2.19. The van der Waals surface area contributed by atoms with Crippen molar-refractivity contribution in [1.29, 1.82) is 0 Å². The Morgan fingerprint density at radius 2 is 2.50 bits per heavy atom. The first-order chi connectivity index (χ1) is 2.87. The Morgan fingerprint density at radius 3 is 2.50 bits per heavy atom. The van der Waals surface area contributed by atoms with Crippen LogP contribution in [0.15, 0.2) is 12.7 Å². The molecule has 1 heteroatoms. The van der Waals surface area contributed by atoms with Crippen LogP contribution in [-0.4, -0.2) is 11.7 Å². The largest absolute Gasteiger partial charge is 0.361 e. The maximum Gasteiger partial charge on any atom is 0.115 e. The Balaban J connectivity index is 2.27. The molecule has 0 N–H and O–H groups in total. The van der Waals surface area contributed by atoms with Crippen molar-refractivity contribution in [2.45, 2.75) is 18.1 Å². The quantitative estimate of drug-likeness (QED) is 0.335. The van der Waals surface area contributed by atoms with E-state index in [1.807, 2.05) is 6.08 Å². The highest BCUT2D eigenvalue weighted by Crippen LogP contribution is 2.60. The van der Waals surface area contributed by atoms with Gasteiger partial charge >= 0.3 is 0 Å². The summed E-state index contributed by atoms with van der Waals surface area (Å²) in [6.45, 7) is 3.61. The molecule has 2 fully saturated rings. The Labute approximate surface area is 36.6 Å². The molecule has 6 heavy (non-hydrogen) atoms. The van der Waals surface area contributed by atoms with Crippen molar-refractivity contribution in [2.24, 2.45) is 0 Å². The van der Waals surface area contributed by atoms with Gasteiger partial charge in [0.1, 0.15) is 5.60 Å². The van der Waals surface area contributed by atoms with Crippen molar-refractivity contribution in [1.82, 2.24) is 0 Å². The zero-order chi connectivity index (χ0) is 4.20. The van der Waals surface area contributed by atoms with E-state index in [1.54, 1.807) is 0 Å². The molecule has 1 saturated heterocycles. The molecule has 1 aliphatic heterocycles. The highest BCUT2D eigenvalue weighted by Gasteiger charge is 2.71. The minimum atomic E-state index is 0.222. The van der Waals surface area contributed by atoms with E-state index in [9.17, 15) is 0 Å². The third-order valence-electron chi connectivity index (χ3n) is 1.54. The van der Waals surface area contributed by atoms with Gasteiger partial charge in [-0.3, -0.25) is 0 Å². The zero-order valence-electron chi connectivity index (χ0n) is 3.48. The van der Waals surface area contributed by atoms with Gasteiger partial charge in [0.25, 0.3) is 0 Å². The predicted molar refractivity (Wildman–Crippen MR) is 22.4 cm³/mol. The lowest BCUT2D eigenvalue weighted by Crippen LogP contribution is -1.85. The first-order valence-corrected chi connectivity index (χ1v) is 2.19. The molecule has 0 bridgehead atoms. The predicted octanol–water partition coefficient (Wildman–Crippen LogP) is 0.714. The standard InChI is InChI=1S/C5H6O/c1-2-5-3-4(5)6-5/h2,4H,1,3H2. The van der Waals surface area contributed by atoms with Crippen LogP contribution in [0.4, 0.5) is 0 Å². The average Bonchev–Trinajstić information content (AvgIpc) is 2.12. The lowest BCUT2D eigenvalue weighted by Gasteiger charge is -1.84. The summed E-state index contributed by atoms with van der Waals surface area (Å²) in [4.78, 5) is 0. The number of rotatable bonds is 1. The molecule has 2 unspecified atom stereocenters. The van der Waals surface area contributed by atoms with Gasteiger partial charge in [-0.05, 0) is 0 Å². The summed E-state index contributed by atoms with van der Waals surface area (Å²) in [6, 6.07) is 0. The van der Waals surface area contributed by atoms with E-state index in [0.717, 1.165) is 0 Å². The van der Waals surface area contributed by atoms with Crippen molar-refractivity contribution in [3.05, 3.63) is 12.7 Å². The van der Waals surface area contributed by atoms with Crippen LogP contribution in [0.1, 0.15) is 6.42 Å². The van der Waals surface area contributed by atoms with Gasteiger partial charge in [0.2, 0.25) is 0 Å². The minimum absolute atomic E-state index is 0.222. The van der Waals surface area contributed by atoms with Crippen molar-refractivity contribution >= 4 is 0 Å². The second kappa shape index (κ2) is 0.470. The van der Waals surface area contributed by atoms with E-state index in [2.05, 4.69) is 6.58 Å². The molecule has 0 aromatic rings. The van der Waals surface area contributed by atoms with Gasteiger partial charge in [-0.25, -0.2) is 0 Å². The number of hydrogen-bond acceptors (Lipinski definition) is 1. The fourth-order valence-electron chi connectivity index (χ4n) is 0.715. The van der Waals surface area contributed by atoms with E-state index >= 15 is 0 Å². The van der Waals surface area contributed by atoms with Crippen LogP contribution in [0.2, 0.25) is 0 Å². The van der Waals surface area contributed by atoms with Crippen LogP contribution in [0, 0.1) is 0 Å². The summed E-state index contributed by atoms with van der Waals surface area (Å²) in [5.41, 5.74) is 0.222. The molecule has 0 amide bonds. The normalized spacial score (nSPS) is 59.7. The second-order valence-electron chi connectivity index (χ2n) is 1.97. The van der Waals surface area contributed by atoms with Crippen LogP contribution in [0.3, 0.4) is 0 Å². The molecule has 1 aliphatic carbocycles. The molecule has 2 atom stereocenters. The fourth-order valence-corrected chi connectivity index (χ4v) is 0.715. The van der Waals surface area contributed by atoms with Crippen molar-refractivity contribution in [3.63, 3.8) is 0 Å². The molecule has 0 spiro atoms. The first kappa shape index (κ1) is 2.80. The molecule has 1 nitrogen and oxygen atoms in total. The molecule has 0 aromatic heterocycles. The Morgan fingerprint density at radius 1 is 2.00 bits per heavy atom. The average molecular weight is 82.1 g/mol.